The Labute approximate surface area is 117 Å². The molecular formula is C14H13N3O2S. The molecular weight excluding hydrogens is 274 g/mol. The number of fused-ring (bicyclic) bond motifs is 1. The summed E-state index contributed by atoms with van der Waals surface area (Å²) < 4.78 is 11.3. The first kappa shape index (κ1) is 12.8. The van der Waals surface area contributed by atoms with E-state index in [2.05, 4.69) is 15.0 Å². The maximum absolute atomic E-state index is 11.7. The van der Waals surface area contributed by atoms with E-state index in [1.165, 1.54) is 6.07 Å². The van der Waals surface area contributed by atoms with Gasteiger partial charge in [0, 0.05) is 45.8 Å². The Hall–Kier alpha value is -2.21. The van der Waals surface area contributed by atoms with Crippen molar-refractivity contribution < 1.29 is 4.21 Å². The van der Waals surface area contributed by atoms with E-state index in [9.17, 15) is 9.00 Å². The first-order valence-electron chi connectivity index (χ1n) is 6.09. The van der Waals surface area contributed by atoms with Crippen LogP contribution in [0.1, 0.15) is 5.69 Å². The quantitative estimate of drug-likeness (QED) is 0.771. The standard InChI is InChI=1S/C14H13N3O2S/c1-20(19)8-11-7-13(18)17-14(16-11)10-2-3-12-9(6-10)4-5-15-12/h2-7,15H,8H2,1H3,(H,16,17,18). The zero-order valence-electron chi connectivity index (χ0n) is 10.8. The number of hydrogen-bond acceptors (Lipinski definition) is 3. The number of benzene rings is 1. The molecule has 0 radical (unpaired) electrons. The summed E-state index contributed by atoms with van der Waals surface area (Å²) in [4.78, 5) is 21.9. The molecule has 1 atom stereocenters. The Balaban J connectivity index is 2.10. The molecule has 0 amide bonds. The van der Waals surface area contributed by atoms with Crippen LogP contribution in [0.25, 0.3) is 22.3 Å². The normalized spacial score (nSPS) is 12.7. The minimum Gasteiger partial charge on any atom is -0.361 e. The van der Waals surface area contributed by atoms with E-state index < -0.39 is 10.8 Å². The fourth-order valence-corrected chi connectivity index (χ4v) is 2.69. The highest BCUT2D eigenvalue weighted by molar-refractivity contribution is 7.83. The number of rotatable bonds is 3. The van der Waals surface area contributed by atoms with Crippen molar-refractivity contribution in [2.45, 2.75) is 5.75 Å². The van der Waals surface area contributed by atoms with Gasteiger partial charge in [0.25, 0.3) is 5.56 Å². The Morgan fingerprint density at radius 1 is 1.25 bits per heavy atom. The van der Waals surface area contributed by atoms with Gasteiger partial charge in [0.15, 0.2) is 0 Å². The van der Waals surface area contributed by atoms with Crippen molar-refractivity contribution in [1.29, 1.82) is 0 Å². The van der Waals surface area contributed by atoms with Gasteiger partial charge in [-0.1, -0.05) is 0 Å². The van der Waals surface area contributed by atoms with Crippen LogP contribution in [0.2, 0.25) is 0 Å². The summed E-state index contributed by atoms with van der Waals surface area (Å²) >= 11 is 0. The Kier molecular flexibility index (Phi) is 3.23. The zero-order chi connectivity index (χ0) is 14.1. The third kappa shape index (κ3) is 2.55. The molecule has 1 unspecified atom stereocenters. The summed E-state index contributed by atoms with van der Waals surface area (Å²) in [5.41, 5.74) is 2.17. The lowest BCUT2D eigenvalue weighted by atomic mass is 10.1. The van der Waals surface area contributed by atoms with Crippen molar-refractivity contribution in [3.63, 3.8) is 0 Å². The highest BCUT2D eigenvalue weighted by Crippen LogP contribution is 2.20. The molecule has 2 aromatic heterocycles. The van der Waals surface area contributed by atoms with Crippen LogP contribution in [-0.4, -0.2) is 25.4 Å². The van der Waals surface area contributed by atoms with Gasteiger partial charge in [-0.3, -0.25) is 9.00 Å². The van der Waals surface area contributed by atoms with E-state index in [1.54, 1.807) is 6.26 Å². The summed E-state index contributed by atoms with van der Waals surface area (Å²) in [7, 11) is -1.03. The molecule has 0 aliphatic rings. The van der Waals surface area contributed by atoms with Crippen molar-refractivity contribution in [3.8, 4) is 11.4 Å². The van der Waals surface area contributed by atoms with Gasteiger partial charge in [-0.2, -0.15) is 0 Å². The number of hydrogen-bond donors (Lipinski definition) is 2. The molecule has 5 nitrogen and oxygen atoms in total. The number of nitrogens with zero attached hydrogens (tertiary/aromatic N) is 1. The molecule has 102 valence electrons. The van der Waals surface area contributed by atoms with Crippen LogP contribution in [0, 0.1) is 0 Å². The lowest BCUT2D eigenvalue weighted by Crippen LogP contribution is -2.11. The first-order chi connectivity index (χ1) is 9.61. The molecule has 0 fully saturated rings. The van der Waals surface area contributed by atoms with E-state index in [0.717, 1.165) is 16.5 Å². The van der Waals surface area contributed by atoms with Gasteiger partial charge in [0.1, 0.15) is 5.82 Å². The van der Waals surface area contributed by atoms with Crippen molar-refractivity contribution in [2.24, 2.45) is 0 Å². The highest BCUT2D eigenvalue weighted by atomic mass is 32.2. The van der Waals surface area contributed by atoms with E-state index in [1.807, 2.05) is 30.5 Å². The van der Waals surface area contributed by atoms with Gasteiger partial charge in [-0.05, 0) is 24.3 Å². The summed E-state index contributed by atoms with van der Waals surface area (Å²) in [5, 5.41) is 1.05. The third-order valence-electron chi connectivity index (χ3n) is 2.97. The number of H-pyrrole nitrogens is 2. The van der Waals surface area contributed by atoms with Crippen LogP contribution in [0.3, 0.4) is 0 Å². The van der Waals surface area contributed by atoms with Gasteiger partial charge >= 0.3 is 0 Å². The molecule has 20 heavy (non-hydrogen) atoms. The van der Waals surface area contributed by atoms with Crippen LogP contribution in [-0.2, 0) is 16.6 Å². The van der Waals surface area contributed by atoms with Gasteiger partial charge in [-0.25, -0.2) is 4.98 Å². The predicted molar refractivity (Wildman–Crippen MR) is 79.9 cm³/mol. The van der Waals surface area contributed by atoms with Gasteiger partial charge in [-0.15, -0.1) is 0 Å². The van der Waals surface area contributed by atoms with Crippen LogP contribution in [0.15, 0.2) is 41.3 Å². The van der Waals surface area contributed by atoms with Crippen molar-refractivity contribution >= 4 is 21.7 Å². The molecule has 0 saturated carbocycles. The third-order valence-corrected chi connectivity index (χ3v) is 3.67. The average molecular weight is 287 g/mol. The second kappa shape index (κ2) is 5.05. The maximum atomic E-state index is 11.7. The van der Waals surface area contributed by atoms with E-state index in [0.29, 0.717) is 11.5 Å². The van der Waals surface area contributed by atoms with E-state index in [4.69, 9.17) is 0 Å². The molecule has 0 spiro atoms. The van der Waals surface area contributed by atoms with Crippen LogP contribution < -0.4 is 5.56 Å². The Morgan fingerprint density at radius 3 is 2.90 bits per heavy atom. The maximum Gasteiger partial charge on any atom is 0.251 e. The van der Waals surface area contributed by atoms with Gasteiger partial charge in [0.05, 0.1) is 11.4 Å². The summed E-state index contributed by atoms with van der Waals surface area (Å²) in [6, 6.07) is 9.14. The molecule has 0 aliphatic heterocycles. The smallest absolute Gasteiger partial charge is 0.251 e. The summed E-state index contributed by atoms with van der Waals surface area (Å²) in [5.74, 6) is 0.782. The van der Waals surface area contributed by atoms with Gasteiger partial charge in [0.2, 0.25) is 0 Å². The molecule has 0 saturated heterocycles. The highest BCUT2D eigenvalue weighted by Gasteiger charge is 2.06. The summed E-state index contributed by atoms with van der Waals surface area (Å²) in [6.45, 7) is 0. The SMILES string of the molecule is CS(=O)Cc1cc(=O)[nH]c(-c2ccc3[nH]ccc3c2)n1. The predicted octanol–water partition coefficient (Wildman–Crippen LogP) is 1.80. The monoisotopic (exact) mass is 287 g/mol. The number of aromatic amines is 2. The lowest BCUT2D eigenvalue weighted by molar-refractivity contribution is 0.686. The lowest BCUT2D eigenvalue weighted by Gasteiger charge is -2.04. The first-order valence-corrected chi connectivity index (χ1v) is 7.82. The van der Waals surface area contributed by atoms with Crippen LogP contribution in [0.5, 0.6) is 0 Å². The van der Waals surface area contributed by atoms with Crippen molar-refractivity contribution in [2.75, 3.05) is 6.26 Å². The fraction of sp³-hybridized carbons (Fsp3) is 0.143. The van der Waals surface area contributed by atoms with E-state index >= 15 is 0 Å². The van der Waals surface area contributed by atoms with E-state index in [-0.39, 0.29) is 11.3 Å². The molecule has 3 rings (SSSR count). The largest absolute Gasteiger partial charge is 0.361 e. The molecule has 3 aromatic rings. The van der Waals surface area contributed by atoms with Crippen molar-refractivity contribution in [1.82, 2.24) is 15.0 Å². The number of aromatic nitrogens is 3. The fourth-order valence-electron chi connectivity index (χ4n) is 2.13. The average Bonchev–Trinajstić information content (AvgIpc) is 2.84. The van der Waals surface area contributed by atoms with Gasteiger partial charge < -0.3 is 9.97 Å². The molecule has 1 aromatic carbocycles. The zero-order valence-corrected chi connectivity index (χ0v) is 11.7. The molecule has 2 N–H and O–H groups in total. The second-order valence-electron chi connectivity index (χ2n) is 4.58. The number of nitrogens with one attached hydrogen (secondary N) is 2. The Bertz CT molecular complexity index is 851. The van der Waals surface area contributed by atoms with Crippen LogP contribution >= 0.6 is 0 Å². The Morgan fingerprint density at radius 2 is 2.10 bits per heavy atom. The molecule has 2 heterocycles. The molecule has 6 heteroatoms. The molecule has 0 aliphatic carbocycles. The topological polar surface area (TPSA) is 78.6 Å². The van der Waals surface area contributed by atoms with Crippen molar-refractivity contribution in [3.05, 3.63) is 52.6 Å². The second-order valence-corrected chi connectivity index (χ2v) is 6.02. The summed E-state index contributed by atoms with van der Waals surface area (Å²) in [6.07, 6.45) is 3.45. The minimum atomic E-state index is -1.03. The molecule has 0 bridgehead atoms. The van der Waals surface area contributed by atoms with Crippen LogP contribution in [0.4, 0.5) is 0 Å². The minimum absolute atomic E-state index is 0.232.